The van der Waals surface area contributed by atoms with Crippen molar-refractivity contribution >= 4 is 17.3 Å². The highest BCUT2D eigenvalue weighted by molar-refractivity contribution is 5.61. The number of nitrogens with two attached hydrogens (primary N) is 1. The molecule has 1 heterocycles. The quantitative estimate of drug-likeness (QED) is 0.911. The van der Waals surface area contributed by atoms with Crippen LogP contribution >= 0.6 is 0 Å². The van der Waals surface area contributed by atoms with E-state index in [2.05, 4.69) is 29.0 Å². The monoisotopic (exact) mass is 258 g/mol. The van der Waals surface area contributed by atoms with Crippen LogP contribution in [0.15, 0.2) is 30.3 Å². The Kier molecular flexibility index (Phi) is 3.97. The Morgan fingerprint density at radius 1 is 1.26 bits per heavy atom. The number of rotatable bonds is 4. The molecule has 5 nitrogen and oxygen atoms in total. The van der Waals surface area contributed by atoms with Gasteiger partial charge in [0.1, 0.15) is 18.2 Å². The Morgan fingerprint density at radius 3 is 2.74 bits per heavy atom. The second-order valence-electron chi connectivity index (χ2n) is 4.40. The topological polar surface area (TPSA) is 64.3 Å². The second kappa shape index (κ2) is 5.67. The molecular formula is C14H18N4O. The first-order valence-electron chi connectivity index (χ1n) is 6.03. The summed E-state index contributed by atoms with van der Waals surface area (Å²) in [4.78, 5) is 10.5. The van der Waals surface area contributed by atoms with Crippen LogP contribution in [0.2, 0.25) is 0 Å². The molecule has 100 valence electrons. The van der Waals surface area contributed by atoms with Crippen molar-refractivity contribution in [2.45, 2.75) is 13.5 Å². The number of hydrogen-bond donors (Lipinski definition) is 1. The lowest BCUT2D eigenvalue weighted by molar-refractivity contribution is 0.178. The molecule has 1 aromatic heterocycles. The van der Waals surface area contributed by atoms with Crippen LogP contribution in [0.25, 0.3) is 0 Å². The van der Waals surface area contributed by atoms with Gasteiger partial charge in [-0.2, -0.15) is 0 Å². The standard InChI is InChI=1S/C14H18N4O/c1-10-5-4-6-11(7-10)18(2)14-8-12(15)16-13(17-14)9-19-3/h4-8H,9H2,1-3H3,(H2,15,16,17). The van der Waals surface area contributed by atoms with Gasteiger partial charge in [-0.25, -0.2) is 9.97 Å². The SMILES string of the molecule is COCc1nc(N)cc(N(C)c2cccc(C)c2)n1. The fraction of sp³-hybridized carbons (Fsp3) is 0.286. The third-order valence-electron chi connectivity index (χ3n) is 2.78. The zero-order valence-corrected chi connectivity index (χ0v) is 11.4. The molecule has 0 aliphatic heterocycles. The van der Waals surface area contributed by atoms with E-state index < -0.39 is 0 Å². The molecule has 0 aliphatic rings. The van der Waals surface area contributed by atoms with Crippen molar-refractivity contribution in [2.24, 2.45) is 0 Å². The molecule has 2 N–H and O–H groups in total. The van der Waals surface area contributed by atoms with Gasteiger partial charge in [0.15, 0.2) is 5.82 Å². The van der Waals surface area contributed by atoms with Crippen LogP contribution in [0, 0.1) is 6.92 Å². The fourth-order valence-corrected chi connectivity index (χ4v) is 1.84. The minimum absolute atomic E-state index is 0.347. The van der Waals surface area contributed by atoms with E-state index in [1.165, 1.54) is 5.56 Å². The Hall–Kier alpha value is -2.14. The molecule has 0 radical (unpaired) electrons. The maximum absolute atomic E-state index is 5.80. The summed E-state index contributed by atoms with van der Waals surface area (Å²) in [5.41, 5.74) is 8.06. The Morgan fingerprint density at radius 2 is 2.05 bits per heavy atom. The van der Waals surface area contributed by atoms with Crippen molar-refractivity contribution in [3.05, 3.63) is 41.7 Å². The highest BCUT2D eigenvalue weighted by atomic mass is 16.5. The lowest BCUT2D eigenvalue weighted by Gasteiger charge is -2.19. The normalized spacial score (nSPS) is 10.5. The minimum atomic E-state index is 0.347. The first-order chi connectivity index (χ1) is 9.10. The van der Waals surface area contributed by atoms with Gasteiger partial charge in [0.25, 0.3) is 0 Å². The molecule has 0 saturated carbocycles. The number of benzene rings is 1. The van der Waals surface area contributed by atoms with Crippen LogP contribution in [-0.2, 0) is 11.3 Å². The van der Waals surface area contributed by atoms with E-state index in [1.807, 2.05) is 24.1 Å². The summed E-state index contributed by atoms with van der Waals surface area (Å²) in [6.07, 6.45) is 0. The minimum Gasteiger partial charge on any atom is -0.384 e. The number of aryl methyl sites for hydroxylation is 1. The van der Waals surface area contributed by atoms with E-state index in [0.717, 1.165) is 11.5 Å². The van der Waals surface area contributed by atoms with Crippen LogP contribution in [0.4, 0.5) is 17.3 Å². The maximum Gasteiger partial charge on any atom is 0.158 e. The fourth-order valence-electron chi connectivity index (χ4n) is 1.84. The average Bonchev–Trinajstić information content (AvgIpc) is 2.37. The predicted octanol–water partition coefficient (Wildman–Crippen LogP) is 2.28. The van der Waals surface area contributed by atoms with Gasteiger partial charge in [-0.05, 0) is 24.6 Å². The van der Waals surface area contributed by atoms with Gasteiger partial charge >= 0.3 is 0 Å². The average molecular weight is 258 g/mol. The maximum atomic E-state index is 5.80. The number of nitrogens with zero attached hydrogens (tertiary/aromatic N) is 3. The summed E-state index contributed by atoms with van der Waals surface area (Å²) < 4.78 is 5.04. The van der Waals surface area contributed by atoms with E-state index in [0.29, 0.717) is 18.2 Å². The molecule has 0 fully saturated rings. The van der Waals surface area contributed by atoms with Crippen molar-refractivity contribution in [1.29, 1.82) is 0 Å². The summed E-state index contributed by atoms with van der Waals surface area (Å²) in [6.45, 7) is 2.40. The molecule has 0 bridgehead atoms. The first-order valence-corrected chi connectivity index (χ1v) is 6.03. The van der Waals surface area contributed by atoms with Crippen molar-refractivity contribution in [2.75, 3.05) is 24.8 Å². The van der Waals surface area contributed by atoms with Crippen molar-refractivity contribution in [3.63, 3.8) is 0 Å². The van der Waals surface area contributed by atoms with Crippen LogP contribution in [0.1, 0.15) is 11.4 Å². The number of nitrogen functional groups attached to an aromatic ring is 1. The Balaban J connectivity index is 2.35. The predicted molar refractivity (Wildman–Crippen MR) is 76.4 cm³/mol. The molecule has 0 aliphatic carbocycles. The number of methoxy groups -OCH3 is 1. The van der Waals surface area contributed by atoms with E-state index in [9.17, 15) is 0 Å². The van der Waals surface area contributed by atoms with Crippen LogP contribution in [0.5, 0.6) is 0 Å². The van der Waals surface area contributed by atoms with E-state index in [-0.39, 0.29) is 0 Å². The highest BCUT2D eigenvalue weighted by Crippen LogP contribution is 2.23. The zero-order chi connectivity index (χ0) is 13.8. The summed E-state index contributed by atoms with van der Waals surface area (Å²) in [5, 5.41) is 0. The third-order valence-corrected chi connectivity index (χ3v) is 2.78. The molecule has 2 rings (SSSR count). The molecule has 0 spiro atoms. The lowest BCUT2D eigenvalue weighted by Crippen LogP contribution is -2.14. The van der Waals surface area contributed by atoms with Crippen molar-refractivity contribution in [3.8, 4) is 0 Å². The van der Waals surface area contributed by atoms with Gasteiger partial charge < -0.3 is 15.4 Å². The molecular weight excluding hydrogens is 240 g/mol. The Labute approximate surface area is 113 Å². The molecule has 0 saturated heterocycles. The first kappa shape index (κ1) is 13.3. The number of ether oxygens (including phenoxy) is 1. The summed E-state index contributed by atoms with van der Waals surface area (Å²) in [7, 11) is 3.56. The number of anilines is 3. The molecule has 0 unspecified atom stereocenters. The smallest absolute Gasteiger partial charge is 0.158 e. The molecule has 1 aromatic carbocycles. The molecule has 0 atom stereocenters. The van der Waals surface area contributed by atoms with Crippen LogP contribution in [0.3, 0.4) is 0 Å². The zero-order valence-electron chi connectivity index (χ0n) is 11.4. The van der Waals surface area contributed by atoms with Gasteiger partial charge in [0.2, 0.25) is 0 Å². The lowest BCUT2D eigenvalue weighted by atomic mass is 10.2. The number of hydrogen-bond acceptors (Lipinski definition) is 5. The van der Waals surface area contributed by atoms with Gasteiger partial charge in [-0.1, -0.05) is 12.1 Å². The van der Waals surface area contributed by atoms with Crippen LogP contribution < -0.4 is 10.6 Å². The molecule has 19 heavy (non-hydrogen) atoms. The third kappa shape index (κ3) is 3.20. The summed E-state index contributed by atoms with van der Waals surface area (Å²) in [5.74, 6) is 1.78. The van der Waals surface area contributed by atoms with Gasteiger partial charge in [-0.15, -0.1) is 0 Å². The van der Waals surface area contributed by atoms with Gasteiger partial charge in [0.05, 0.1) is 0 Å². The van der Waals surface area contributed by atoms with E-state index in [1.54, 1.807) is 13.2 Å². The summed E-state index contributed by atoms with van der Waals surface area (Å²) >= 11 is 0. The second-order valence-corrected chi connectivity index (χ2v) is 4.40. The van der Waals surface area contributed by atoms with Crippen molar-refractivity contribution < 1.29 is 4.74 Å². The van der Waals surface area contributed by atoms with E-state index >= 15 is 0 Å². The molecule has 0 amide bonds. The Bertz CT molecular complexity index is 571. The van der Waals surface area contributed by atoms with E-state index in [4.69, 9.17) is 10.5 Å². The largest absolute Gasteiger partial charge is 0.384 e. The molecule has 5 heteroatoms. The van der Waals surface area contributed by atoms with Gasteiger partial charge in [0, 0.05) is 25.9 Å². The highest BCUT2D eigenvalue weighted by Gasteiger charge is 2.09. The molecule has 2 aromatic rings. The van der Waals surface area contributed by atoms with Crippen LogP contribution in [-0.4, -0.2) is 24.1 Å². The number of aromatic nitrogens is 2. The summed E-state index contributed by atoms with van der Waals surface area (Å²) in [6, 6.07) is 9.95. The van der Waals surface area contributed by atoms with Crippen molar-refractivity contribution in [1.82, 2.24) is 9.97 Å². The van der Waals surface area contributed by atoms with Gasteiger partial charge in [-0.3, -0.25) is 0 Å².